The lowest BCUT2D eigenvalue weighted by atomic mass is 10.0. The molecule has 0 radical (unpaired) electrons. The Morgan fingerprint density at radius 2 is 1.71 bits per heavy atom. The first-order chi connectivity index (χ1) is 10.4. The first-order valence-corrected chi connectivity index (χ1v) is 8.40. The van der Waals surface area contributed by atoms with E-state index in [-0.39, 0.29) is 18.2 Å². The number of alkyl halides is 3. The minimum atomic E-state index is -10.1. The van der Waals surface area contributed by atoms with Gasteiger partial charge in [-0.25, -0.2) is 4.79 Å². The van der Waals surface area contributed by atoms with Crippen molar-refractivity contribution in [2.24, 2.45) is 0 Å². The van der Waals surface area contributed by atoms with Crippen LogP contribution >= 0.6 is 26.2 Å². The van der Waals surface area contributed by atoms with E-state index in [1.807, 2.05) is 0 Å². The van der Waals surface area contributed by atoms with E-state index in [1.165, 1.54) is 0 Å². The lowest BCUT2D eigenvalue weighted by molar-refractivity contribution is -0.187. The topological polar surface area (TPSA) is 46.5 Å². The van der Waals surface area contributed by atoms with Gasteiger partial charge in [-0.05, 0) is 34.1 Å². The van der Waals surface area contributed by atoms with Crippen LogP contribution in [-0.4, -0.2) is 23.4 Å². The molecule has 0 saturated carbocycles. The third-order valence-electron chi connectivity index (χ3n) is 2.86. The monoisotopic (exact) mass is 448 g/mol. The van der Waals surface area contributed by atoms with Crippen LogP contribution in [-0.2, 0) is 4.79 Å². The van der Waals surface area contributed by atoms with Crippen molar-refractivity contribution in [1.29, 1.82) is 0 Å². The summed E-state index contributed by atoms with van der Waals surface area (Å²) in [6.45, 7) is 0. The second kappa shape index (κ2) is 4.56. The standard InChI is InChI=1S/C11H5BrF8O3S/c12-7-3-5(24(16,17,18,19)20)1-4-2-6(10(21)22)9(11(13,14)15)23-8(4)7/h1-3,9H,(H,21,22). The zero-order valence-electron chi connectivity index (χ0n) is 10.9. The first-order valence-electron chi connectivity index (χ1n) is 5.66. The molecular weight excluding hydrogens is 444 g/mol. The number of carbonyl (C=O) groups is 1. The minimum Gasteiger partial charge on any atom is -0.478 e. The van der Waals surface area contributed by atoms with Crippen LogP contribution in [0.25, 0.3) is 6.08 Å². The van der Waals surface area contributed by atoms with E-state index >= 15 is 0 Å². The van der Waals surface area contributed by atoms with E-state index in [2.05, 4.69) is 20.7 Å². The molecule has 1 aliphatic rings. The van der Waals surface area contributed by atoms with Crippen LogP contribution in [0.2, 0.25) is 0 Å². The summed E-state index contributed by atoms with van der Waals surface area (Å²) in [6.07, 6.45) is -7.92. The Balaban J connectivity index is 2.73. The van der Waals surface area contributed by atoms with Crippen molar-refractivity contribution in [2.75, 3.05) is 0 Å². The second-order valence-electron chi connectivity index (χ2n) is 4.74. The molecular formula is C11H5BrF8O3S. The lowest BCUT2D eigenvalue weighted by Gasteiger charge is -2.41. The fraction of sp³-hybridized carbons (Fsp3) is 0.182. The van der Waals surface area contributed by atoms with Gasteiger partial charge in [-0.3, -0.25) is 0 Å². The minimum absolute atomic E-state index is 0.118. The normalized spacial score (nSPS) is 21.0. The number of hydrogen-bond donors (Lipinski definition) is 1. The van der Waals surface area contributed by atoms with Crippen molar-refractivity contribution in [1.82, 2.24) is 0 Å². The Kier molecular flexibility index (Phi) is 3.58. The average molecular weight is 449 g/mol. The van der Waals surface area contributed by atoms with Crippen molar-refractivity contribution in [3.63, 3.8) is 0 Å². The number of carboxylic acid groups (broad SMARTS) is 1. The number of carboxylic acids is 1. The van der Waals surface area contributed by atoms with Gasteiger partial charge in [-0.15, -0.1) is 0 Å². The molecule has 0 saturated heterocycles. The van der Waals surface area contributed by atoms with E-state index < -0.39 is 54.7 Å². The Morgan fingerprint density at radius 3 is 2.12 bits per heavy atom. The van der Waals surface area contributed by atoms with E-state index in [9.17, 15) is 37.4 Å². The number of fused-ring (bicyclic) bond motifs is 1. The van der Waals surface area contributed by atoms with Crippen molar-refractivity contribution in [2.45, 2.75) is 17.2 Å². The quantitative estimate of drug-likeness (QED) is 0.573. The highest BCUT2D eigenvalue weighted by molar-refractivity contribution is 9.10. The highest BCUT2D eigenvalue weighted by Gasteiger charge is 2.65. The molecule has 1 atom stereocenters. The molecule has 0 bridgehead atoms. The molecule has 1 aliphatic heterocycles. The van der Waals surface area contributed by atoms with E-state index in [4.69, 9.17) is 5.11 Å². The van der Waals surface area contributed by atoms with E-state index in [1.54, 1.807) is 0 Å². The van der Waals surface area contributed by atoms with Crippen molar-refractivity contribution in [3.8, 4) is 5.75 Å². The summed E-state index contributed by atoms with van der Waals surface area (Å²) in [7, 11) is -10.1. The van der Waals surface area contributed by atoms with Crippen molar-refractivity contribution >= 4 is 38.2 Å². The molecule has 0 spiro atoms. The predicted octanol–water partition coefficient (Wildman–Crippen LogP) is 5.90. The molecule has 13 heteroatoms. The molecule has 136 valence electrons. The van der Waals surface area contributed by atoms with Gasteiger partial charge < -0.3 is 9.84 Å². The summed E-state index contributed by atoms with van der Waals surface area (Å²) < 4.78 is 106. The van der Waals surface area contributed by atoms with Crippen LogP contribution < -0.4 is 4.74 Å². The lowest BCUT2D eigenvalue weighted by Crippen LogP contribution is -2.40. The number of hydrogen-bond acceptors (Lipinski definition) is 2. The maximum Gasteiger partial charge on any atom is 0.430 e. The van der Waals surface area contributed by atoms with Gasteiger partial charge in [0.25, 0.3) is 0 Å². The predicted molar refractivity (Wildman–Crippen MR) is 71.6 cm³/mol. The highest BCUT2D eigenvalue weighted by atomic mass is 79.9. The molecule has 1 aromatic carbocycles. The summed E-state index contributed by atoms with van der Waals surface area (Å²) in [6, 6.07) is -0.273. The van der Waals surface area contributed by atoms with Gasteiger partial charge in [0.15, 0.2) is 0 Å². The second-order valence-corrected chi connectivity index (χ2v) is 8.00. The molecule has 1 aromatic rings. The van der Waals surface area contributed by atoms with Gasteiger partial charge >= 0.3 is 22.4 Å². The van der Waals surface area contributed by atoms with Crippen LogP contribution in [0.3, 0.4) is 0 Å². The van der Waals surface area contributed by atoms with Gasteiger partial charge in [-0.1, -0.05) is 19.4 Å². The summed E-state index contributed by atoms with van der Waals surface area (Å²) in [4.78, 5) is 8.50. The summed E-state index contributed by atoms with van der Waals surface area (Å²) in [5, 5.41) is 8.77. The highest BCUT2D eigenvalue weighted by Crippen LogP contribution is 3.02. The van der Waals surface area contributed by atoms with E-state index in [0.29, 0.717) is 0 Å². The van der Waals surface area contributed by atoms with Crippen molar-refractivity contribution < 1.29 is 47.2 Å². The van der Waals surface area contributed by atoms with Crippen LogP contribution in [0, 0.1) is 0 Å². The molecule has 0 aliphatic carbocycles. The summed E-state index contributed by atoms with van der Waals surface area (Å²) >= 11 is 2.44. The van der Waals surface area contributed by atoms with Crippen LogP contribution in [0.5, 0.6) is 5.75 Å². The zero-order valence-corrected chi connectivity index (χ0v) is 13.3. The Bertz CT molecular complexity index is 768. The number of rotatable bonds is 2. The molecule has 0 fully saturated rings. The molecule has 24 heavy (non-hydrogen) atoms. The Hall–Kier alpha value is -1.50. The van der Waals surface area contributed by atoms with Gasteiger partial charge in [0.05, 0.1) is 10.0 Å². The zero-order chi connectivity index (χ0) is 18.8. The largest absolute Gasteiger partial charge is 0.478 e. The smallest absolute Gasteiger partial charge is 0.430 e. The molecule has 1 heterocycles. The molecule has 0 amide bonds. The third kappa shape index (κ3) is 3.61. The van der Waals surface area contributed by atoms with Crippen LogP contribution in [0.15, 0.2) is 27.1 Å². The maximum absolute atomic E-state index is 12.8. The van der Waals surface area contributed by atoms with Gasteiger partial charge in [0.2, 0.25) is 6.10 Å². The van der Waals surface area contributed by atoms with Gasteiger partial charge in [-0.2, -0.15) is 13.2 Å². The van der Waals surface area contributed by atoms with Gasteiger partial charge in [0, 0.05) is 5.56 Å². The summed E-state index contributed by atoms with van der Waals surface area (Å²) in [5.74, 6) is -2.94. The molecule has 1 N–H and O–H groups in total. The molecule has 0 aromatic heterocycles. The SMILES string of the molecule is O=C(O)C1=Cc2cc(S(F)(F)(F)(F)F)cc(Br)c2OC1C(F)(F)F. The van der Waals surface area contributed by atoms with Crippen LogP contribution in [0.1, 0.15) is 5.56 Å². The Morgan fingerprint density at radius 1 is 1.17 bits per heavy atom. The maximum atomic E-state index is 12.8. The molecule has 2 rings (SSSR count). The number of halogens is 9. The van der Waals surface area contributed by atoms with Gasteiger partial charge in [0.1, 0.15) is 10.6 Å². The number of aliphatic carboxylic acids is 1. The van der Waals surface area contributed by atoms with E-state index in [0.717, 1.165) is 0 Å². The van der Waals surface area contributed by atoms with Crippen molar-refractivity contribution in [3.05, 3.63) is 27.7 Å². The molecule has 3 nitrogen and oxygen atoms in total. The third-order valence-corrected chi connectivity index (χ3v) is 4.58. The average Bonchev–Trinajstić information content (AvgIpc) is 2.33. The number of ether oxygens (including phenoxy) is 1. The summed E-state index contributed by atoms with van der Waals surface area (Å²) in [5.41, 5.74) is -2.30. The number of benzene rings is 1. The fourth-order valence-corrected chi connectivity index (χ4v) is 3.30. The molecule has 1 unspecified atom stereocenters. The Labute approximate surface area is 136 Å². The fourth-order valence-electron chi connectivity index (χ4n) is 1.88. The van der Waals surface area contributed by atoms with Crippen LogP contribution in [0.4, 0.5) is 32.6 Å². The first kappa shape index (κ1) is 18.8.